The molecule has 0 saturated carbocycles. The summed E-state index contributed by atoms with van der Waals surface area (Å²) in [5.74, 6) is 0. The molecule has 2 aromatic heterocycles. The molecule has 0 amide bonds. The van der Waals surface area contributed by atoms with Crippen LogP contribution in [0.1, 0.15) is 0 Å². The van der Waals surface area contributed by atoms with Crippen molar-refractivity contribution in [1.29, 1.82) is 0 Å². The number of pyridine rings is 1. The summed E-state index contributed by atoms with van der Waals surface area (Å²) >= 11 is 3.28. The maximum atomic E-state index is 4.18. The molecular formula is C7H6BrN3. The fourth-order valence-corrected chi connectivity index (χ4v) is 1.29. The van der Waals surface area contributed by atoms with Gasteiger partial charge in [0.25, 0.3) is 0 Å². The lowest BCUT2D eigenvalue weighted by molar-refractivity contribution is 0.947. The second-order valence-electron chi connectivity index (χ2n) is 2.33. The summed E-state index contributed by atoms with van der Waals surface area (Å²) in [6, 6.07) is 3.89. The zero-order valence-corrected chi connectivity index (χ0v) is 7.54. The van der Waals surface area contributed by atoms with E-state index in [9.17, 15) is 0 Å². The first-order valence-corrected chi connectivity index (χ1v) is 4.00. The molecule has 0 unspecified atom stereocenters. The van der Waals surface area contributed by atoms with Crippen molar-refractivity contribution in [1.82, 2.24) is 14.5 Å². The normalized spacial score (nSPS) is 10.7. The van der Waals surface area contributed by atoms with Gasteiger partial charge in [-0.15, -0.1) is 0 Å². The van der Waals surface area contributed by atoms with E-state index in [1.165, 1.54) is 0 Å². The van der Waals surface area contributed by atoms with Crippen LogP contribution in [0.25, 0.3) is 11.2 Å². The van der Waals surface area contributed by atoms with Crippen molar-refractivity contribution in [2.75, 3.05) is 0 Å². The van der Waals surface area contributed by atoms with Crippen molar-refractivity contribution in [3.05, 3.63) is 23.1 Å². The van der Waals surface area contributed by atoms with Crippen molar-refractivity contribution in [2.45, 2.75) is 0 Å². The van der Waals surface area contributed by atoms with Gasteiger partial charge in [-0.25, -0.2) is 9.97 Å². The van der Waals surface area contributed by atoms with Crippen molar-refractivity contribution in [3.8, 4) is 0 Å². The standard InChI is InChI=1S/C7H6BrN3/c1-11-4-9-7-5(11)2-3-6(8)10-7/h2-4H,1H3. The van der Waals surface area contributed by atoms with E-state index >= 15 is 0 Å². The topological polar surface area (TPSA) is 30.7 Å². The fraction of sp³-hybridized carbons (Fsp3) is 0.143. The first kappa shape index (κ1) is 6.79. The third kappa shape index (κ3) is 1.03. The zero-order chi connectivity index (χ0) is 7.84. The molecule has 4 heteroatoms. The lowest BCUT2D eigenvalue weighted by Gasteiger charge is -1.92. The Balaban J connectivity index is 2.86. The first-order valence-electron chi connectivity index (χ1n) is 3.21. The number of aromatic nitrogens is 3. The molecule has 0 aliphatic carbocycles. The number of hydrogen-bond acceptors (Lipinski definition) is 2. The second kappa shape index (κ2) is 2.30. The molecule has 0 saturated heterocycles. The first-order chi connectivity index (χ1) is 5.27. The third-order valence-electron chi connectivity index (χ3n) is 1.55. The zero-order valence-electron chi connectivity index (χ0n) is 5.95. The van der Waals surface area contributed by atoms with Crippen LogP contribution in [0, 0.1) is 0 Å². The Morgan fingerprint density at radius 2 is 2.27 bits per heavy atom. The van der Waals surface area contributed by atoms with E-state index in [0.717, 1.165) is 15.8 Å². The quantitative estimate of drug-likeness (QED) is 0.622. The van der Waals surface area contributed by atoms with Gasteiger partial charge in [0.1, 0.15) is 4.60 Å². The molecule has 0 fully saturated rings. The fourth-order valence-electron chi connectivity index (χ4n) is 0.992. The number of fused-ring (bicyclic) bond motifs is 1. The van der Waals surface area contributed by atoms with Crippen LogP contribution in [0.2, 0.25) is 0 Å². The predicted molar refractivity (Wildman–Crippen MR) is 46.2 cm³/mol. The summed E-state index contributed by atoms with van der Waals surface area (Å²) in [5.41, 5.74) is 1.83. The molecule has 2 heterocycles. The Kier molecular flexibility index (Phi) is 1.42. The second-order valence-corrected chi connectivity index (χ2v) is 3.14. The van der Waals surface area contributed by atoms with Crippen LogP contribution < -0.4 is 0 Å². The van der Waals surface area contributed by atoms with Gasteiger partial charge in [0, 0.05) is 7.05 Å². The summed E-state index contributed by atoms with van der Waals surface area (Å²) < 4.78 is 2.76. The predicted octanol–water partition coefficient (Wildman–Crippen LogP) is 1.73. The number of hydrogen-bond donors (Lipinski definition) is 0. The van der Waals surface area contributed by atoms with Gasteiger partial charge >= 0.3 is 0 Å². The molecule has 11 heavy (non-hydrogen) atoms. The molecule has 56 valence electrons. The summed E-state index contributed by atoms with van der Waals surface area (Å²) in [6.45, 7) is 0. The van der Waals surface area contributed by atoms with Crippen LogP contribution in [0.15, 0.2) is 23.1 Å². The van der Waals surface area contributed by atoms with E-state index in [1.807, 2.05) is 23.7 Å². The van der Waals surface area contributed by atoms with Crippen LogP contribution >= 0.6 is 15.9 Å². The monoisotopic (exact) mass is 211 g/mol. The minimum Gasteiger partial charge on any atom is -0.332 e. The Labute approximate surface area is 72.2 Å². The van der Waals surface area contributed by atoms with Crippen molar-refractivity contribution in [3.63, 3.8) is 0 Å². The van der Waals surface area contributed by atoms with E-state index in [0.29, 0.717) is 0 Å². The average molecular weight is 212 g/mol. The van der Waals surface area contributed by atoms with Gasteiger partial charge in [0.05, 0.1) is 11.8 Å². The maximum Gasteiger partial charge on any atom is 0.178 e. The average Bonchev–Trinajstić information content (AvgIpc) is 2.32. The van der Waals surface area contributed by atoms with Crippen LogP contribution in [0.4, 0.5) is 0 Å². The van der Waals surface area contributed by atoms with Crippen LogP contribution in [0.3, 0.4) is 0 Å². The Morgan fingerprint density at radius 1 is 1.45 bits per heavy atom. The van der Waals surface area contributed by atoms with Gasteiger partial charge in [-0.2, -0.15) is 0 Å². The highest BCUT2D eigenvalue weighted by Gasteiger charge is 1.99. The molecule has 0 aliphatic heterocycles. The van der Waals surface area contributed by atoms with E-state index < -0.39 is 0 Å². The molecule has 0 radical (unpaired) electrons. The largest absolute Gasteiger partial charge is 0.332 e. The lowest BCUT2D eigenvalue weighted by atomic mass is 10.4. The molecule has 0 aromatic carbocycles. The number of nitrogens with zero attached hydrogens (tertiary/aromatic N) is 3. The molecule has 2 aromatic rings. The van der Waals surface area contributed by atoms with E-state index in [4.69, 9.17) is 0 Å². The molecule has 2 rings (SSSR count). The van der Waals surface area contributed by atoms with Crippen molar-refractivity contribution in [2.24, 2.45) is 7.05 Å². The van der Waals surface area contributed by atoms with Crippen molar-refractivity contribution < 1.29 is 0 Å². The van der Waals surface area contributed by atoms with Gasteiger partial charge < -0.3 is 4.57 Å². The van der Waals surface area contributed by atoms with E-state index in [1.54, 1.807) is 6.33 Å². The van der Waals surface area contributed by atoms with Gasteiger partial charge in [-0.1, -0.05) is 0 Å². The molecular weight excluding hydrogens is 206 g/mol. The van der Waals surface area contributed by atoms with Crippen molar-refractivity contribution >= 4 is 27.1 Å². The SMILES string of the molecule is Cn1cnc2nc(Br)ccc21. The van der Waals surface area contributed by atoms with Gasteiger partial charge in [0.15, 0.2) is 5.65 Å². The van der Waals surface area contributed by atoms with Crippen LogP contribution in [-0.4, -0.2) is 14.5 Å². The lowest BCUT2D eigenvalue weighted by Crippen LogP contribution is -1.84. The molecule has 0 spiro atoms. The highest BCUT2D eigenvalue weighted by molar-refractivity contribution is 9.10. The highest BCUT2D eigenvalue weighted by Crippen LogP contribution is 2.12. The number of imidazole rings is 1. The Bertz CT molecular complexity index is 393. The van der Waals surface area contributed by atoms with Gasteiger partial charge in [0.2, 0.25) is 0 Å². The number of halogens is 1. The minimum atomic E-state index is 0.780. The number of aryl methyl sites for hydroxylation is 1. The summed E-state index contributed by atoms with van der Waals surface area (Å²) in [6.07, 6.45) is 1.75. The Hall–Kier alpha value is -0.900. The van der Waals surface area contributed by atoms with E-state index in [2.05, 4.69) is 25.9 Å². The van der Waals surface area contributed by atoms with Gasteiger partial charge in [-0.3, -0.25) is 0 Å². The smallest absolute Gasteiger partial charge is 0.178 e. The molecule has 0 bridgehead atoms. The summed E-state index contributed by atoms with van der Waals surface area (Å²) in [5, 5.41) is 0. The molecule has 0 atom stereocenters. The molecule has 0 N–H and O–H groups in total. The van der Waals surface area contributed by atoms with E-state index in [-0.39, 0.29) is 0 Å². The third-order valence-corrected chi connectivity index (χ3v) is 2.00. The molecule has 3 nitrogen and oxygen atoms in total. The number of rotatable bonds is 0. The summed E-state index contributed by atoms with van der Waals surface area (Å²) in [7, 11) is 1.95. The maximum absolute atomic E-state index is 4.18. The Morgan fingerprint density at radius 3 is 3.09 bits per heavy atom. The minimum absolute atomic E-state index is 0.780. The van der Waals surface area contributed by atoms with Gasteiger partial charge in [-0.05, 0) is 28.1 Å². The summed E-state index contributed by atoms with van der Waals surface area (Å²) in [4.78, 5) is 8.28. The van der Waals surface area contributed by atoms with Crippen LogP contribution in [0.5, 0.6) is 0 Å². The van der Waals surface area contributed by atoms with Crippen LogP contribution in [-0.2, 0) is 7.05 Å². The highest BCUT2D eigenvalue weighted by atomic mass is 79.9. The molecule has 0 aliphatic rings.